The van der Waals surface area contributed by atoms with Crippen molar-refractivity contribution in [3.8, 4) is 0 Å². The van der Waals surface area contributed by atoms with Crippen LogP contribution in [0.4, 0.5) is 0 Å². The van der Waals surface area contributed by atoms with E-state index < -0.39 is 0 Å². The van der Waals surface area contributed by atoms with Gasteiger partial charge in [-0.2, -0.15) is 0 Å². The normalized spacial score (nSPS) is 31.7. The molecular formula is C20H33N3O. The van der Waals surface area contributed by atoms with Crippen LogP contribution < -0.4 is 5.32 Å². The Kier molecular flexibility index (Phi) is 4.95. The maximum Gasteiger partial charge on any atom is 0.208 e. The summed E-state index contributed by atoms with van der Waals surface area (Å²) in [5, 5.41) is 3.95. The van der Waals surface area contributed by atoms with Crippen molar-refractivity contribution in [3.63, 3.8) is 0 Å². The molecule has 1 saturated heterocycles. The molecule has 4 aliphatic rings. The monoisotopic (exact) mass is 331 g/mol. The van der Waals surface area contributed by atoms with E-state index in [9.17, 15) is 0 Å². The lowest BCUT2D eigenvalue weighted by molar-refractivity contribution is 0.111. The number of aryl methyl sites for hydroxylation is 2. The van der Waals surface area contributed by atoms with Crippen molar-refractivity contribution < 1.29 is 4.42 Å². The number of fused-ring (bicyclic) bond motifs is 3. The van der Waals surface area contributed by atoms with E-state index in [0.717, 1.165) is 47.7 Å². The first-order valence-corrected chi connectivity index (χ1v) is 10.1. The summed E-state index contributed by atoms with van der Waals surface area (Å²) < 4.78 is 5.73. The van der Waals surface area contributed by atoms with Gasteiger partial charge in [0.2, 0.25) is 5.89 Å². The molecule has 0 aromatic carbocycles. The SMILES string of the molecule is Cc1nc(CN2CCC(CNC3CC4CCC3CC4)CC2)oc1C. The second-order valence-corrected chi connectivity index (χ2v) is 8.50. The van der Waals surface area contributed by atoms with Gasteiger partial charge in [0.05, 0.1) is 12.2 Å². The molecule has 1 atom stereocenters. The summed E-state index contributed by atoms with van der Waals surface area (Å²) in [4.78, 5) is 7.03. The summed E-state index contributed by atoms with van der Waals surface area (Å²) in [5.41, 5.74) is 1.03. The van der Waals surface area contributed by atoms with Gasteiger partial charge >= 0.3 is 0 Å². The number of piperidine rings is 1. The van der Waals surface area contributed by atoms with E-state index in [2.05, 4.69) is 15.2 Å². The lowest BCUT2D eigenvalue weighted by Gasteiger charge is -2.43. The molecule has 0 radical (unpaired) electrons. The predicted molar refractivity (Wildman–Crippen MR) is 95.8 cm³/mol. The summed E-state index contributed by atoms with van der Waals surface area (Å²) in [5.74, 6) is 4.72. The van der Waals surface area contributed by atoms with E-state index in [1.54, 1.807) is 0 Å². The molecule has 24 heavy (non-hydrogen) atoms. The highest BCUT2D eigenvalue weighted by molar-refractivity contribution is 5.05. The highest BCUT2D eigenvalue weighted by atomic mass is 16.4. The van der Waals surface area contributed by atoms with Gasteiger partial charge in [0, 0.05) is 6.04 Å². The lowest BCUT2D eigenvalue weighted by atomic mass is 9.68. The Hall–Kier alpha value is -0.870. The van der Waals surface area contributed by atoms with Gasteiger partial charge < -0.3 is 9.73 Å². The standard InChI is InChI=1S/C20H33N3O/c1-14-15(2)24-20(22-14)13-23-9-7-17(8-10-23)12-21-19-11-16-3-5-18(19)6-4-16/h16-19,21H,3-13H2,1-2H3. The second-order valence-electron chi connectivity index (χ2n) is 8.50. The van der Waals surface area contributed by atoms with Crippen LogP contribution in [0.2, 0.25) is 0 Å². The number of hydrogen-bond acceptors (Lipinski definition) is 4. The number of rotatable bonds is 5. The van der Waals surface area contributed by atoms with Gasteiger partial charge in [-0.25, -0.2) is 4.98 Å². The highest BCUT2D eigenvalue weighted by Crippen LogP contribution is 2.41. The van der Waals surface area contributed by atoms with Crippen LogP contribution in [0.15, 0.2) is 4.42 Å². The molecule has 0 spiro atoms. The van der Waals surface area contributed by atoms with Crippen LogP contribution in [0.3, 0.4) is 0 Å². The largest absolute Gasteiger partial charge is 0.444 e. The summed E-state index contributed by atoms with van der Waals surface area (Å²) in [6.07, 6.45) is 10.0. The Bertz CT molecular complexity index is 520. The van der Waals surface area contributed by atoms with Crippen LogP contribution >= 0.6 is 0 Å². The Labute approximate surface area is 146 Å². The van der Waals surface area contributed by atoms with Crippen molar-refractivity contribution in [1.29, 1.82) is 0 Å². The molecule has 3 saturated carbocycles. The first-order valence-electron chi connectivity index (χ1n) is 10.1. The molecular weight excluding hydrogens is 298 g/mol. The molecule has 3 aliphatic carbocycles. The van der Waals surface area contributed by atoms with Gasteiger partial charge in [-0.1, -0.05) is 12.8 Å². The molecule has 5 rings (SSSR count). The Morgan fingerprint density at radius 3 is 2.42 bits per heavy atom. The lowest BCUT2D eigenvalue weighted by Crippen LogP contribution is -2.47. The molecule has 2 bridgehead atoms. The summed E-state index contributed by atoms with van der Waals surface area (Å²) in [6, 6.07) is 0.828. The number of nitrogens with zero attached hydrogens (tertiary/aromatic N) is 2. The van der Waals surface area contributed by atoms with Gasteiger partial charge in [-0.3, -0.25) is 4.90 Å². The average molecular weight is 332 g/mol. The topological polar surface area (TPSA) is 41.3 Å². The molecule has 4 heteroatoms. The summed E-state index contributed by atoms with van der Waals surface area (Å²) in [6.45, 7) is 8.51. The van der Waals surface area contributed by atoms with Crippen molar-refractivity contribution in [2.45, 2.75) is 71.4 Å². The summed E-state index contributed by atoms with van der Waals surface area (Å²) in [7, 11) is 0. The van der Waals surface area contributed by atoms with Gasteiger partial charge in [0.25, 0.3) is 0 Å². The van der Waals surface area contributed by atoms with Gasteiger partial charge in [0.1, 0.15) is 5.76 Å². The van der Waals surface area contributed by atoms with E-state index in [1.807, 2.05) is 13.8 Å². The number of hydrogen-bond donors (Lipinski definition) is 1. The third-order valence-electron chi connectivity index (χ3n) is 6.86. The maximum atomic E-state index is 5.73. The zero-order valence-electron chi connectivity index (χ0n) is 15.4. The molecule has 1 aromatic rings. The molecule has 1 N–H and O–H groups in total. The van der Waals surface area contributed by atoms with Crippen molar-refractivity contribution in [2.24, 2.45) is 17.8 Å². The fourth-order valence-corrected chi connectivity index (χ4v) is 5.09. The third-order valence-corrected chi connectivity index (χ3v) is 6.86. The Morgan fingerprint density at radius 1 is 1.08 bits per heavy atom. The Morgan fingerprint density at radius 2 is 1.83 bits per heavy atom. The molecule has 1 unspecified atom stereocenters. The number of nitrogens with one attached hydrogen (secondary N) is 1. The van der Waals surface area contributed by atoms with Crippen LogP contribution in [-0.2, 0) is 6.54 Å². The zero-order chi connectivity index (χ0) is 16.5. The van der Waals surface area contributed by atoms with E-state index >= 15 is 0 Å². The number of likely N-dealkylation sites (tertiary alicyclic amines) is 1. The van der Waals surface area contributed by atoms with Crippen molar-refractivity contribution in [1.82, 2.24) is 15.2 Å². The first-order chi connectivity index (χ1) is 11.7. The van der Waals surface area contributed by atoms with E-state index in [-0.39, 0.29) is 0 Å². The number of aromatic nitrogens is 1. The number of oxazole rings is 1. The van der Waals surface area contributed by atoms with Crippen LogP contribution in [0, 0.1) is 31.6 Å². The van der Waals surface area contributed by atoms with Crippen LogP contribution in [-0.4, -0.2) is 35.6 Å². The van der Waals surface area contributed by atoms with Gasteiger partial charge in [-0.15, -0.1) is 0 Å². The zero-order valence-corrected chi connectivity index (χ0v) is 15.4. The van der Waals surface area contributed by atoms with E-state index in [4.69, 9.17) is 4.42 Å². The molecule has 0 amide bonds. The van der Waals surface area contributed by atoms with Crippen molar-refractivity contribution in [3.05, 3.63) is 17.3 Å². The minimum absolute atomic E-state index is 0.828. The summed E-state index contributed by atoms with van der Waals surface area (Å²) >= 11 is 0. The van der Waals surface area contributed by atoms with Crippen LogP contribution in [0.25, 0.3) is 0 Å². The predicted octanol–water partition coefficient (Wildman–Crippen LogP) is 3.67. The molecule has 2 heterocycles. The molecule has 1 aromatic heterocycles. The second kappa shape index (κ2) is 7.17. The minimum atomic E-state index is 0.828. The molecule has 1 aliphatic heterocycles. The van der Waals surface area contributed by atoms with Crippen LogP contribution in [0.1, 0.15) is 62.3 Å². The van der Waals surface area contributed by atoms with Gasteiger partial charge in [0.15, 0.2) is 0 Å². The van der Waals surface area contributed by atoms with Crippen molar-refractivity contribution >= 4 is 0 Å². The molecule has 4 fully saturated rings. The van der Waals surface area contributed by atoms with E-state index in [1.165, 1.54) is 64.6 Å². The van der Waals surface area contributed by atoms with Crippen LogP contribution in [0.5, 0.6) is 0 Å². The molecule has 4 nitrogen and oxygen atoms in total. The first kappa shape index (κ1) is 16.6. The fourth-order valence-electron chi connectivity index (χ4n) is 5.09. The minimum Gasteiger partial charge on any atom is -0.444 e. The molecule has 134 valence electrons. The quantitative estimate of drug-likeness (QED) is 0.894. The highest BCUT2D eigenvalue weighted by Gasteiger charge is 2.35. The van der Waals surface area contributed by atoms with Gasteiger partial charge in [-0.05, 0) is 83.3 Å². The maximum absolute atomic E-state index is 5.73. The third kappa shape index (κ3) is 3.70. The average Bonchev–Trinajstić information content (AvgIpc) is 2.93. The fraction of sp³-hybridized carbons (Fsp3) is 0.850. The van der Waals surface area contributed by atoms with Crippen molar-refractivity contribution in [2.75, 3.05) is 19.6 Å². The Balaban J connectivity index is 1.19. The van der Waals surface area contributed by atoms with E-state index in [0.29, 0.717) is 0 Å². The smallest absolute Gasteiger partial charge is 0.208 e.